The van der Waals surface area contributed by atoms with Crippen LogP contribution < -0.4 is 9.91 Å². The van der Waals surface area contributed by atoms with E-state index < -0.39 is 0 Å². The van der Waals surface area contributed by atoms with Crippen LogP contribution in [0.25, 0.3) is 0 Å². The van der Waals surface area contributed by atoms with E-state index in [1.165, 1.54) is 55.6 Å². The largest absolute Gasteiger partial charge is 0.371 e. The van der Waals surface area contributed by atoms with Gasteiger partial charge in [-0.15, -0.1) is 0 Å². The van der Waals surface area contributed by atoms with E-state index in [2.05, 4.69) is 34.7 Å². The van der Waals surface area contributed by atoms with Crippen LogP contribution in [0.3, 0.4) is 0 Å². The molecule has 4 nitrogen and oxygen atoms in total. The van der Waals surface area contributed by atoms with E-state index in [9.17, 15) is 0 Å². The Morgan fingerprint density at radius 2 is 1.70 bits per heavy atom. The standard InChI is InChI=1S/C24H28N4.C2H6/c1-4-18(22-11-5-6-12-23(22)25-2)17-26-27(3)21-15-19-9-7-13-28-14-8-10-20(16-21)24(19)28;1-2/h4-6,11-12,15-17H,1,7-10,13-14H2,2-3H3;1-2H3/b22-18+,25-23?,26-17+;. The van der Waals surface area contributed by atoms with Crippen LogP contribution in [0.2, 0.25) is 0 Å². The number of rotatable bonds is 4. The van der Waals surface area contributed by atoms with Gasteiger partial charge in [0.15, 0.2) is 0 Å². The molecule has 0 radical (unpaired) electrons. The van der Waals surface area contributed by atoms with E-state index in [0.717, 1.165) is 22.5 Å². The first-order valence-electron chi connectivity index (χ1n) is 11.1. The van der Waals surface area contributed by atoms with Gasteiger partial charge in [0.1, 0.15) is 0 Å². The fraction of sp³-hybridized carbons (Fsp3) is 0.385. The molecule has 4 rings (SSSR count). The van der Waals surface area contributed by atoms with E-state index in [4.69, 9.17) is 5.10 Å². The highest BCUT2D eigenvalue weighted by Gasteiger charge is 2.24. The van der Waals surface area contributed by atoms with Crippen LogP contribution in [0.1, 0.15) is 37.8 Å². The van der Waals surface area contributed by atoms with Crippen LogP contribution in [0.4, 0.5) is 11.4 Å². The number of anilines is 2. The summed E-state index contributed by atoms with van der Waals surface area (Å²) >= 11 is 0. The number of aryl methyl sites for hydroxylation is 2. The molecule has 0 unspecified atom stereocenters. The summed E-state index contributed by atoms with van der Waals surface area (Å²) in [6, 6.07) is 4.63. The average Bonchev–Trinajstić information content (AvgIpc) is 2.81. The molecule has 0 spiro atoms. The van der Waals surface area contributed by atoms with E-state index in [0.29, 0.717) is 0 Å². The molecule has 158 valence electrons. The molecule has 2 heterocycles. The summed E-state index contributed by atoms with van der Waals surface area (Å²) in [4.78, 5) is 6.93. The number of hydrogen-bond acceptors (Lipinski definition) is 4. The second-order valence-corrected chi connectivity index (χ2v) is 7.48. The smallest absolute Gasteiger partial charge is 0.0649 e. The first-order valence-corrected chi connectivity index (χ1v) is 11.1. The SMILES string of the molecule is C=CC(/C=N/N(C)c1cc2c3c(c1)CCCN3CCC2)=C1/C=CC=CC1=NC.CC. The number of allylic oxidation sites excluding steroid dienone is 7. The van der Waals surface area contributed by atoms with E-state index in [1.54, 1.807) is 0 Å². The molecule has 0 bridgehead atoms. The van der Waals surface area contributed by atoms with Gasteiger partial charge < -0.3 is 4.90 Å². The van der Waals surface area contributed by atoms with Gasteiger partial charge in [-0.1, -0.05) is 44.7 Å². The summed E-state index contributed by atoms with van der Waals surface area (Å²) < 4.78 is 0. The zero-order valence-corrected chi connectivity index (χ0v) is 18.9. The monoisotopic (exact) mass is 402 g/mol. The zero-order chi connectivity index (χ0) is 21.5. The van der Waals surface area contributed by atoms with Gasteiger partial charge in [0, 0.05) is 44.0 Å². The normalized spacial score (nSPS) is 20.0. The second kappa shape index (κ2) is 10.2. The lowest BCUT2D eigenvalue weighted by atomic mass is 9.91. The maximum absolute atomic E-state index is 4.72. The highest BCUT2D eigenvalue weighted by Crippen LogP contribution is 2.38. The zero-order valence-electron chi connectivity index (χ0n) is 18.9. The molecule has 0 N–H and O–H groups in total. The minimum Gasteiger partial charge on any atom is -0.371 e. The summed E-state index contributed by atoms with van der Waals surface area (Å²) in [5, 5.41) is 6.70. The van der Waals surface area contributed by atoms with Crippen LogP contribution in [0, 0.1) is 0 Å². The Morgan fingerprint density at radius 3 is 2.30 bits per heavy atom. The second-order valence-electron chi connectivity index (χ2n) is 7.48. The van der Waals surface area contributed by atoms with Crippen molar-refractivity contribution in [2.75, 3.05) is 37.1 Å². The molecule has 1 aliphatic carbocycles. The molecular formula is C26H34N4. The number of aliphatic imine (C=N–C) groups is 1. The predicted molar refractivity (Wildman–Crippen MR) is 132 cm³/mol. The quantitative estimate of drug-likeness (QED) is 0.491. The summed E-state index contributed by atoms with van der Waals surface area (Å²) in [6.07, 6.45) is 16.6. The molecule has 2 aliphatic heterocycles. The third-order valence-electron chi connectivity index (χ3n) is 5.74. The highest BCUT2D eigenvalue weighted by atomic mass is 15.4. The maximum Gasteiger partial charge on any atom is 0.0649 e. The molecule has 30 heavy (non-hydrogen) atoms. The molecule has 0 atom stereocenters. The molecule has 1 aromatic carbocycles. The molecule has 3 aliphatic rings. The van der Waals surface area contributed by atoms with Crippen molar-refractivity contribution in [1.82, 2.24) is 0 Å². The topological polar surface area (TPSA) is 31.2 Å². The summed E-state index contributed by atoms with van der Waals surface area (Å²) in [6.45, 7) is 10.4. The maximum atomic E-state index is 4.72. The van der Waals surface area contributed by atoms with Gasteiger partial charge >= 0.3 is 0 Å². The Labute approximate surface area is 181 Å². The molecule has 0 fully saturated rings. The Hall–Kier alpha value is -2.88. The Balaban J connectivity index is 0.00000124. The van der Waals surface area contributed by atoms with Gasteiger partial charge in [0.25, 0.3) is 0 Å². The number of hydrazone groups is 1. The third kappa shape index (κ3) is 4.48. The fourth-order valence-corrected chi connectivity index (χ4v) is 4.33. The van der Waals surface area contributed by atoms with Gasteiger partial charge in [-0.05, 0) is 55.0 Å². The molecule has 4 heteroatoms. The van der Waals surface area contributed by atoms with Gasteiger partial charge in [0.2, 0.25) is 0 Å². The lowest BCUT2D eigenvalue weighted by Crippen LogP contribution is -2.34. The van der Waals surface area contributed by atoms with Gasteiger partial charge in [-0.25, -0.2) is 0 Å². The molecule has 1 aromatic rings. The van der Waals surface area contributed by atoms with Crippen molar-refractivity contribution in [3.8, 4) is 0 Å². The van der Waals surface area contributed by atoms with Crippen molar-refractivity contribution in [2.24, 2.45) is 10.1 Å². The Kier molecular flexibility index (Phi) is 7.45. The minimum atomic E-state index is 0.949. The number of benzene rings is 1. The lowest BCUT2D eigenvalue weighted by Gasteiger charge is -2.37. The molecular weight excluding hydrogens is 368 g/mol. The van der Waals surface area contributed by atoms with Gasteiger partial charge in [-0.3, -0.25) is 10.0 Å². The Bertz CT molecular complexity index is 899. The van der Waals surface area contributed by atoms with Crippen LogP contribution in [0.15, 0.2) is 70.3 Å². The van der Waals surface area contributed by atoms with E-state index in [-0.39, 0.29) is 0 Å². The minimum absolute atomic E-state index is 0.949. The van der Waals surface area contributed by atoms with Crippen molar-refractivity contribution in [3.63, 3.8) is 0 Å². The number of nitrogens with zero attached hydrogens (tertiary/aromatic N) is 4. The third-order valence-corrected chi connectivity index (χ3v) is 5.74. The van der Waals surface area contributed by atoms with E-state index in [1.807, 2.05) is 63.5 Å². The predicted octanol–water partition coefficient (Wildman–Crippen LogP) is 5.51. The average molecular weight is 403 g/mol. The van der Waals surface area contributed by atoms with Crippen molar-refractivity contribution >= 4 is 23.3 Å². The number of hydrogen-bond donors (Lipinski definition) is 0. The van der Waals surface area contributed by atoms with Crippen molar-refractivity contribution in [1.29, 1.82) is 0 Å². The molecule has 0 aromatic heterocycles. The van der Waals surface area contributed by atoms with Crippen LogP contribution >= 0.6 is 0 Å². The first kappa shape index (κ1) is 21.8. The summed E-state index contributed by atoms with van der Waals surface area (Å²) in [7, 11) is 3.83. The van der Waals surface area contributed by atoms with E-state index >= 15 is 0 Å². The Morgan fingerprint density at radius 1 is 1.07 bits per heavy atom. The van der Waals surface area contributed by atoms with Crippen LogP contribution in [-0.4, -0.2) is 39.1 Å². The molecule has 0 saturated heterocycles. The summed E-state index contributed by atoms with van der Waals surface area (Å²) in [5.74, 6) is 0. The van der Waals surface area contributed by atoms with Crippen LogP contribution in [-0.2, 0) is 12.8 Å². The summed E-state index contributed by atoms with van der Waals surface area (Å²) in [5.41, 5.74) is 8.57. The van der Waals surface area contributed by atoms with Crippen molar-refractivity contribution in [3.05, 3.63) is 71.4 Å². The lowest BCUT2D eigenvalue weighted by molar-refractivity contribution is 0.634. The van der Waals surface area contributed by atoms with Gasteiger partial charge in [0.05, 0.1) is 17.6 Å². The van der Waals surface area contributed by atoms with Crippen molar-refractivity contribution in [2.45, 2.75) is 39.5 Å². The van der Waals surface area contributed by atoms with Gasteiger partial charge in [-0.2, -0.15) is 5.10 Å². The molecule has 0 amide bonds. The van der Waals surface area contributed by atoms with Crippen molar-refractivity contribution < 1.29 is 0 Å². The fourth-order valence-electron chi connectivity index (χ4n) is 4.33. The highest BCUT2D eigenvalue weighted by molar-refractivity contribution is 6.15. The first-order chi connectivity index (χ1) is 14.7. The molecule has 0 saturated carbocycles. The van der Waals surface area contributed by atoms with Crippen LogP contribution in [0.5, 0.6) is 0 Å².